The third-order valence-electron chi connectivity index (χ3n) is 4.17. The fourth-order valence-corrected chi connectivity index (χ4v) is 4.04. The number of thioether (sulfide) groups is 1. The predicted octanol–water partition coefficient (Wildman–Crippen LogP) is 1.47. The molecule has 0 bridgehead atoms. The van der Waals surface area contributed by atoms with Crippen molar-refractivity contribution in [2.75, 3.05) is 18.1 Å². The number of aliphatic carboxylic acids is 1. The van der Waals surface area contributed by atoms with Crippen LogP contribution in [0.2, 0.25) is 0 Å². The maximum absolute atomic E-state index is 13.0. The van der Waals surface area contributed by atoms with E-state index < -0.39 is 28.4 Å². The van der Waals surface area contributed by atoms with Crippen molar-refractivity contribution in [3.8, 4) is 0 Å². The van der Waals surface area contributed by atoms with Gasteiger partial charge in [0.2, 0.25) is 5.56 Å². The second kappa shape index (κ2) is 7.16. The number of non-ortho nitro benzene ring substituents is 1. The van der Waals surface area contributed by atoms with Crippen LogP contribution in [0.1, 0.15) is 16.8 Å². The van der Waals surface area contributed by atoms with Crippen LogP contribution in [0.4, 0.5) is 5.69 Å². The first-order valence-corrected chi connectivity index (χ1v) is 8.94. The fourth-order valence-electron chi connectivity index (χ4n) is 2.98. The highest BCUT2D eigenvalue weighted by Crippen LogP contribution is 2.26. The number of carbonyl (C=O) groups excluding carboxylic acids is 1. The van der Waals surface area contributed by atoms with Gasteiger partial charge in [-0.3, -0.25) is 24.5 Å². The van der Waals surface area contributed by atoms with Gasteiger partial charge >= 0.3 is 5.97 Å². The van der Waals surface area contributed by atoms with Crippen LogP contribution >= 0.6 is 11.8 Å². The summed E-state index contributed by atoms with van der Waals surface area (Å²) in [5.74, 6) is -0.363. The van der Waals surface area contributed by atoms with Gasteiger partial charge in [-0.1, -0.05) is 0 Å². The second-order valence-electron chi connectivity index (χ2n) is 5.86. The van der Waals surface area contributed by atoms with Crippen LogP contribution in [0.25, 0.3) is 10.9 Å². The zero-order valence-electron chi connectivity index (χ0n) is 13.5. The minimum atomic E-state index is -1.01. The van der Waals surface area contributed by atoms with E-state index in [0.717, 1.165) is 6.07 Å². The summed E-state index contributed by atoms with van der Waals surface area (Å²) in [6, 6.07) is 4.48. The number of hydrogen-bond donors (Lipinski definition) is 2. The molecule has 10 heteroatoms. The molecule has 1 aliphatic heterocycles. The number of nitro groups is 1. The molecule has 0 radical (unpaired) electrons. The Labute approximate surface area is 151 Å². The number of carboxylic acid groups (broad SMARTS) is 1. The summed E-state index contributed by atoms with van der Waals surface area (Å²) in [6.07, 6.45) is -0.194. The van der Waals surface area contributed by atoms with E-state index in [2.05, 4.69) is 4.98 Å². The molecule has 0 aliphatic carbocycles. The lowest BCUT2D eigenvalue weighted by Gasteiger charge is -2.34. The molecule has 1 aromatic heterocycles. The van der Waals surface area contributed by atoms with Crippen molar-refractivity contribution in [1.29, 1.82) is 0 Å². The Morgan fingerprint density at radius 3 is 2.85 bits per heavy atom. The molecule has 0 saturated carbocycles. The number of pyridine rings is 1. The number of aromatic nitrogens is 1. The highest BCUT2D eigenvalue weighted by molar-refractivity contribution is 7.99. The molecule has 2 aromatic rings. The van der Waals surface area contributed by atoms with Gasteiger partial charge in [0.05, 0.1) is 22.9 Å². The largest absolute Gasteiger partial charge is 0.481 e. The van der Waals surface area contributed by atoms with Crippen LogP contribution in [0.5, 0.6) is 0 Å². The number of hydrogen-bond acceptors (Lipinski definition) is 6. The number of benzene rings is 1. The number of fused-ring (bicyclic) bond motifs is 1. The van der Waals surface area contributed by atoms with Crippen molar-refractivity contribution < 1.29 is 19.6 Å². The van der Waals surface area contributed by atoms with Crippen molar-refractivity contribution >= 4 is 40.2 Å². The highest BCUT2D eigenvalue weighted by Gasteiger charge is 2.30. The third-order valence-corrected chi connectivity index (χ3v) is 5.26. The molecule has 1 fully saturated rings. The first-order chi connectivity index (χ1) is 12.4. The minimum absolute atomic E-state index is 0.0368. The van der Waals surface area contributed by atoms with E-state index in [9.17, 15) is 24.5 Å². The Morgan fingerprint density at radius 2 is 2.15 bits per heavy atom. The van der Waals surface area contributed by atoms with Crippen molar-refractivity contribution in [2.45, 2.75) is 12.5 Å². The Hall–Kier alpha value is -2.88. The molecule has 1 aromatic carbocycles. The van der Waals surface area contributed by atoms with Gasteiger partial charge in [0.1, 0.15) is 0 Å². The number of amides is 1. The molecule has 2 heterocycles. The summed E-state index contributed by atoms with van der Waals surface area (Å²) < 4.78 is 0. The van der Waals surface area contributed by atoms with Gasteiger partial charge in [0, 0.05) is 47.2 Å². The third kappa shape index (κ3) is 3.54. The number of nitro benzene ring substituents is 1. The Balaban J connectivity index is 2.08. The van der Waals surface area contributed by atoms with Gasteiger partial charge in [-0.05, 0) is 6.07 Å². The number of rotatable bonds is 4. The van der Waals surface area contributed by atoms with E-state index >= 15 is 0 Å². The zero-order chi connectivity index (χ0) is 18.8. The van der Waals surface area contributed by atoms with E-state index in [0.29, 0.717) is 23.6 Å². The van der Waals surface area contributed by atoms with E-state index in [1.54, 1.807) is 11.8 Å². The number of carbonyl (C=O) groups is 2. The Bertz CT molecular complexity index is 957. The fraction of sp³-hybridized carbons (Fsp3) is 0.312. The summed E-state index contributed by atoms with van der Waals surface area (Å²) in [5.41, 5.74) is -0.354. The number of H-pyrrole nitrogens is 1. The number of aromatic amines is 1. The minimum Gasteiger partial charge on any atom is -0.481 e. The number of carboxylic acids is 1. The maximum Gasteiger partial charge on any atom is 0.305 e. The molecule has 136 valence electrons. The molecule has 26 heavy (non-hydrogen) atoms. The maximum atomic E-state index is 13.0. The van der Waals surface area contributed by atoms with Crippen LogP contribution in [-0.2, 0) is 4.79 Å². The monoisotopic (exact) mass is 377 g/mol. The molecule has 9 nitrogen and oxygen atoms in total. The number of nitrogens with one attached hydrogen (secondary N) is 1. The number of nitrogens with zero attached hydrogens (tertiary/aromatic N) is 2. The molecule has 1 unspecified atom stereocenters. The van der Waals surface area contributed by atoms with E-state index in [1.807, 2.05) is 0 Å². The molecule has 3 rings (SSSR count). The van der Waals surface area contributed by atoms with E-state index in [4.69, 9.17) is 5.11 Å². The van der Waals surface area contributed by atoms with Crippen LogP contribution in [0, 0.1) is 10.1 Å². The molecule has 1 saturated heterocycles. The van der Waals surface area contributed by atoms with Crippen molar-refractivity contribution in [3.05, 3.63) is 50.3 Å². The smallest absolute Gasteiger partial charge is 0.305 e. The summed E-state index contributed by atoms with van der Waals surface area (Å²) in [4.78, 5) is 50.5. The quantitative estimate of drug-likeness (QED) is 0.608. The summed E-state index contributed by atoms with van der Waals surface area (Å²) in [5, 5.41) is 20.4. The topological polar surface area (TPSA) is 134 Å². The standard InChI is InChI=1S/C16H15N3O6S/c20-14-7-12(11-5-9(19(24)25)1-2-13(11)17-14)16(23)18-3-4-26-8-10(18)6-15(21)22/h1-2,5,7,10H,3-4,6,8H2,(H,17,20)(H,21,22). The summed E-state index contributed by atoms with van der Waals surface area (Å²) in [7, 11) is 0. The summed E-state index contributed by atoms with van der Waals surface area (Å²) in [6.45, 7) is 0.352. The lowest BCUT2D eigenvalue weighted by Crippen LogP contribution is -2.47. The summed E-state index contributed by atoms with van der Waals surface area (Å²) >= 11 is 1.56. The molecular formula is C16H15N3O6S. The van der Waals surface area contributed by atoms with Gasteiger partial charge in [-0.25, -0.2) is 0 Å². The van der Waals surface area contributed by atoms with Gasteiger partial charge in [-0.15, -0.1) is 0 Å². The van der Waals surface area contributed by atoms with Gasteiger partial charge < -0.3 is 15.0 Å². The molecule has 1 amide bonds. The zero-order valence-corrected chi connectivity index (χ0v) is 14.3. The lowest BCUT2D eigenvalue weighted by molar-refractivity contribution is -0.384. The normalized spacial score (nSPS) is 17.2. The first-order valence-electron chi connectivity index (χ1n) is 7.79. The second-order valence-corrected chi connectivity index (χ2v) is 7.01. The van der Waals surface area contributed by atoms with Crippen LogP contribution in [-0.4, -0.2) is 55.9 Å². The van der Waals surface area contributed by atoms with Gasteiger partial charge in [-0.2, -0.15) is 11.8 Å². The molecule has 1 atom stereocenters. The van der Waals surface area contributed by atoms with Crippen molar-refractivity contribution in [3.63, 3.8) is 0 Å². The first kappa shape index (κ1) is 17.9. The molecule has 2 N–H and O–H groups in total. The van der Waals surface area contributed by atoms with Crippen LogP contribution in [0.3, 0.4) is 0 Å². The van der Waals surface area contributed by atoms with Crippen LogP contribution < -0.4 is 5.56 Å². The average Bonchev–Trinajstić information content (AvgIpc) is 2.60. The van der Waals surface area contributed by atoms with Gasteiger partial charge in [0.15, 0.2) is 0 Å². The van der Waals surface area contributed by atoms with Gasteiger partial charge in [0.25, 0.3) is 11.6 Å². The lowest BCUT2D eigenvalue weighted by atomic mass is 10.1. The predicted molar refractivity (Wildman–Crippen MR) is 95.6 cm³/mol. The molecule has 1 aliphatic rings. The van der Waals surface area contributed by atoms with Crippen molar-refractivity contribution in [1.82, 2.24) is 9.88 Å². The molecule has 0 spiro atoms. The molecular weight excluding hydrogens is 362 g/mol. The SMILES string of the molecule is O=C(O)CC1CSCCN1C(=O)c1cc(=O)[nH]c2ccc([N+](=O)[O-])cc12. The van der Waals surface area contributed by atoms with Crippen LogP contribution in [0.15, 0.2) is 29.1 Å². The average molecular weight is 377 g/mol. The highest BCUT2D eigenvalue weighted by atomic mass is 32.2. The Kier molecular flexibility index (Phi) is 4.94. The van der Waals surface area contributed by atoms with E-state index in [1.165, 1.54) is 23.1 Å². The van der Waals surface area contributed by atoms with Crippen molar-refractivity contribution in [2.24, 2.45) is 0 Å². The van der Waals surface area contributed by atoms with E-state index in [-0.39, 0.29) is 23.1 Å². The Morgan fingerprint density at radius 1 is 1.38 bits per heavy atom.